The van der Waals surface area contributed by atoms with Gasteiger partial charge in [-0.1, -0.05) is 25.3 Å². The van der Waals surface area contributed by atoms with Crippen LogP contribution in [0.15, 0.2) is 23.8 Å². The number of unbranched alkanes of at least 4 members (excludes halogenated alkanes) is 2. The fourth-order valence-corrected chi connectivity index (χ4v) is 4.70. The molecule has 0 radical (unpaired) electrons. The van der Waals surface area contributed by atoms with Crippen molar-refractivity contribution in [2.45, 2.75) is 77.1 Å². The first-order valence-electron chi connectivity index (χ1n) is 9.33. The maximum atomic E-state index is 11.5. The molecule has 138 valence electrons. The van der Waals surface area contributed by atoms with Crippen molar-refractivity contribution in [3.63, 3.8) is 0 Å². The van der Waals surface area contributed by atoms with Gasteiger partial charge < -0.3 is 20.1 Å². The van der Waals surface area contributed by atoms with Gasteiger partial charge in [-0.3, -0.25) is 0 Å². The van der Waals surface area contributed by atoms with E-state index in [-0.39, 0.29) is 5.75 Å². The van der Waals surface area contributed by atoms with Crippen LogP contribution in [0.1, 0.15) is 64.5 Å². The number of aliphatic hydroxyl groups is 2. The minimum absolute atomic E-state index is 0.0464. The number of aromatic hydroxyl groups is 1. The van der Waals surface area contributed by atoms with E-state index in [4.69, 9.17) is 4.74 Å². The van der Waals surface area contributed by atoms with E-state index >= 15 is 0 Å². The van der Waals surface area contributed by atoms with Gasteiger partial charge in [0.2, 0.25) is 0 Å². The molecule has 3 unspecified atom stereocenters. The van der Waals surface area contributed by atoms with Crippen molar-refractivity contribution in [2.24, 2.45) is 5.92 Å². The standard InChI is InChI=1S/C21H30O4/c1-5-6-7-8-14-10-15(22)18-17(11-14)25-20(3,4)19-16(23)9-13(2)12-21(18,19)24/h10-12,16,19,22-24H,5-9H2,1-4H3. The Morgan fingerprint density at radius 3 is 2.64 bits per heavy atom. The van der Waals surface area contributed by atoms with E-state index in [2.05, 4.69) is 6.92 Å². The van der Waals surface area contributed by atoms with Gasteiger partial charge in [0.1, 0.15) is 22.7 Å². The van der Waals surface area contributed by atoms with Gasteiger partial charge >= 0.3 is 0 Å². The van der Waals surface area contributed by atoms with E-state index in [1.165, 1.54) is 0 Å². The lowest BCUT2D eigenvalue weighted by molar-refractivity contribution is -0.150. The fourth-order valence-electron chi connectivity index (χ4n) is 4.70. The lowest BCUT2D eigenvalue weighted by atomic mass is 9.63. The van der Waals surface area contributed by atoms with Crippen LogP contribution < -0.4 is 4.74 Å². The number of phenolic OH excluding ortho intramolecular Hbond substituents is 1. The molecule has 1 aromatic rings. The highest BCUT2D eigenvalue weighted by Crippen LogP contribution is 2.55. The molecule has 0 amide bonds. The number of benzene rings is 1. The maximum Gasteiger partial charge on any atom is 0.130 e. The average molecular weight is 346 g/mol. The Hall–Kier alpha value is -1.52. The zero-order valence-corrected chi connectivity index (χ0v) is 15.7. The molecule has 4 nitrogen and oxygen atoms in total. The summed E-state index contributed by atoms with van der Waals surface area (Å²) in [6.07, 6.45) is 5.78. The second-order valence-electron chi connectivity index (χ2n) is 8.22. The minimum Gasteiger partial charge on any atom is -0.507 e. The van der Waals surface area contributed by atoms with Gasteiger partial charge in [-0.2, -0.15) is 0 Å². The summed E-state index contributed by atoms with van der Waals surface area (Å²) in [5, 5.41) is 32.8. The van der Waals surface area contributed by atoms with Crippen LogP contribution in [0, 0.1) is 5.92 Å². The highest BCUT2D eigenvalue weighted by molar-refractivity contribution is 5.56. The molecule has 3 rings (SSSR count). The van der Waals surface area contributed by atoms with Crippen LogP contribution in [-0.2, 0) is 12.0 Å². The lowest BCUT2D eigenvalue weighted by Gasteiger charge is -2.52. The predicted octanol–water partition coefficient (Wildman–Crippen LogP) is 3.81. The number of rotatable bonds is 4. The third-order valence-corrected chi connectivity index (χ3v) is 5.59. The van der Waals surface area contributed by atoms with E-state index in [1.54, 1.807) is 12.1 Å². The Labute approximate surface area is 150 Å². The molecule has 1 aliphatic heterocycles. The molecule has 3 atom stereocenters. The molecule has 0 saturated carbocycles. The zero-order chi connectivity index (χ0) is 18.4. The maximum absolute atomic E-state index is 11.5. The number of phenols is 1. The van der Waals surface area contributed by atoms with E-state index in [0.717, 1.165) is 36.8 Å². The van der Waals surface area contributed by atoms with Gasteiger partial charge in [0.15, 0.2) is 0 Å². The van der Waals surface area contributed by atoms with Gasteiger partial charge in [-0.15, -0.1) is 0 Å². The molecular formula is C21H30O4. The van der Waals surface area contributed by atoms with Crippen molar-refractivity contribution < 1.29 is 20.1 Å². The molecule has 0 fully saturated rings. The summed E-state index contributed by atoms with van der Waals surface area (Å²) in [7, 11) is 0. The Balaban J connectivity index is 2.10. The van der Waals surface area contributed by atoms with Crippen molar-refractivity contribution in [1.29, 1.82) is 0 Å². The number of aryl methyl sites for hydroxylation is 1. The first kappa shape index (κ1) is 18.3. The van der Waals surface area contributed by atoms with Gasteiger partial charge in [0.25, 0.3) is 0 Å². The average Bonchev–Trinajstić information content (AvgIpc) is 2.43. The van der Waals surface area contributed by atoms with E-state index in [0.29, 0.717) is 17.7 Å². The van der Waals surface area contributed by atoms with Crippen molar-refractivity contribution in [2.75, 3.05) is 0 Å². The molecule has 0 aromatic heterocycles. The van der Waals surface area contributed by atoms with E-state index < -0.39 is 23.2 Å². The van der Waals surface area contributed by atoms with E-state index in [1.807, 2.05) is 26.8 Å². The molecule has 0 saturated heterocycles. The molecule has 1 aromatic carbocycles. The molecule has 1 aliphatic carbocycles. The third kappa shape index (κ3) is 3.06. The predicted molar refractivity (Wildman–Crippen MR) is 97.8 cm³/mol. The number of hydrogen-bond donors (Lipinski definition) is 3. The van der Waals surface area contributed by atoms with Gasteiger partial charge in [0.05, 0.1) is 17.6 Å². The van der Waals surface area contributed by atoms with Crippen LogP contribution in [-0.4, -0.2) is 27.0 Å². The minimum atomic E-state index is -1.43. The second kappa shape index (κ2) is 6.33. The van der Waals surface area contributed by atoms with Crippen molar-refractivity contribution in [1.82, 2.24) is 0 Å². The van der Waals surface area contributed by atoms with Crippen LogP contribution in [0.3, 0.4) is 0 Å². The summed E-state index contributed by atoms with van der Waals surface area (Å²) >= 11 is 0. The summed E-state index contributed by atoms with van der Waals surface area (Å²) in [6.45, 7) is 7.85. The molecule has 0 bridgehead atoms. The summed E-state index contributed by atoms with van der Waals surface area (Å²) < 4.78 is 6.18. The van der Waals surface area contributed by atoms with Gasteiger partial charge in [-0.25, -0.2) is 0 Å². The Bertz CT molecular complexity index is 691. The van der Waals surface area contributed by atoms with Crippen molar-refractivity contribution >= 4 is 0 Å². The number of aliphatic hydroxyl groups excluding tert-OH is 1. The molecule has 1 heterocycles. The summed E-state index contributed by atoms with van der Waals surface area (Å²) in [5.74, 6) is 0.0339. The largest absolute Gasteiger partial charge is 0.507 e. The summed E-state index contributed by atoms with van der Waals surface area (Å²) in [5.41, 5.74) is 0.146. The van der Waals surface area contributed by atoms with Crippen LogP contribution in [0.5, 0.6) is 11.5 Å². The summed E-state index contributed by atoms with van der Waals surface area (Å²) in [6, 6.07) is 3.67. The first-order valence-corrected chi connectivity index (χ1v) is 9.33. The zero-order valence-electron chi connectivity index (χ0n) is 15.7. The number of ether oxygens (including phenoxy) is 1. The number of hydrogen-bond acceptors (Lipinski definition) is 4. The SMILES string of the molecule is CCCCCc1cc(O)c2c(c1)OC(C)(C)C1C(O)CC(C)=CC21O. The van der Waals surface area contributed by atoms with Crippen molar-refractivity contribution in [3.05, 3.63) is 34.9 Å². The Morgan fingerprint density at radius 2 is 1.96 bits per heavy atom. The molecule has 25 heavy (non-hydrogen) atoms. The molecule has 2 aliphatic rings. The van der Waals surface area contributed by atoms with Crippen LogP contribution >= 0.6 is 0 Å². The molecule has 4 heteroatoms. The quantitative estimate of drug-likeness (QED) is 0.573. The van der Waals surface area contributed by atoms with Crippen LogP contribution in [0.25, 0.3) is 0 Å². The topological polar surface area (TPSA) is 69.9 Å². The Morgan fingerprint density at radius 1 is 1.24 bits per heavy atom. The van der Waals surface area contributed by atoms with Gasteiger partial charge in [-0.05, 0) is 63.8 Å². The normalized spacial score (nSPS) is 30.1. The smallest absolute Gasteiger partial charge is 0.130 e. The third-order valence-electron chi connectivity index (χ3n) is 5.59. The Kier molecular flexibility index (Phi) is 4.63. The highest BCUT2D eigenvalue weighted by Gasteiger charge is 2.57. The van der Waals surface area contributed by atoms with Crippen LogP contribution in [0.4, 0.5) is 0 Å². The fraction of sp³-hybridized carbons (Fsp3) is 0.619. The molecule has 3 N–H and O–H groups in total. The molecular weight excluding hydrogens is 316 g/mol. The highest BCUT2D eigenvalue weighted by atomic mass is 16.5. The number of fused-ring (bicyclic) bond motifs is 3. The molecule has 0 spiro atoms. The first-order chi connectivity index (χ1) is 11.7. The van der Waals surface area contributed by atoms with Crippen LogP contribution in [0.2, 0.25) is 0 Å². The summed E-state index contributed by atoms with van der Waals surface area (Å²) in [4.78, 5) is 0. The monoisotopic (exact) mass is 346 g/mol. The lowest BCUT2D eigenvalue weighted by Crippen LogP contribution is -2.59. The van der Waals surface area contributed by atoms with Gasteiger partial charge in [0, 0.05) is 0 Å². The van der Waals surface area contributed by atoms with Crippen molar-refractivity contribution in [3.8, 4) is 11.5 Å². The van der Waals surface area contributed by atoms with E-state index in [9.17, 15) is 15.3 Å². The second-order valence-corrected chi connectivity index (χ2v) is 8.22.